The van der Waals surface area contributed by atoms with Crippen LogP contribution in [0.15, 0.2) is 18.2 Å². The van der Waals surface area contributed by atoms with E-state index in [2.05, 4.69) is 10.1 Å². The molecule has 6 nitrogen and oxygen atoms in total. The normalized spacial score (nSPS) is 11.9. The minimum absolute atomic E-state index is 0.268. The number of phenolic OH excluding ortho intramolecular Hbond substituents is 1. The highest BCUT2D eigenvalue weighted by Gasteiger charge is 2.24. The van der Waals surface area contributed by atoms with Crippen molar-refractivity contribution in [2.75, 3.05) is 13.7 Å². The van der Waals surface area contributed by atoms with Crippen LogP contribution in [0.25, 0.3) is 0 Å². The predicted octanol–water partition coefficient (Wildman–Crippen LogP) is 0.361. The second kappa shape index (κ2) is 5.97. The zero-order chi connectivity index (χ0) is 13.7. The average Bonchev–Trinajstić information content (AvgIpc) is 2.28. The lowest BCUT2D eigenvalue weighted by molar-refractivity contribution is -0.140. The monoisotopic (exact) mass is 257 g/mol. The molecule has 0 aliphatic heterocycles. The molecule has 18 heavy (non-hydrogen) atoms. The molecule has 0 aliphatic carbocycles. The van der Waals surface area contributed by atoms with E-state index in [1.165, 1.54) is 13.2 Å². The topological polar surface area (TPSA) is 95.9 Å². The Morgan fingerprint density at radius 2 is 2.17 bits per heavy atom. The number of aliphatic carboxylic acids is 1. The molecule has 0 bridgehead atoms. The van der Waals surface area contributed by atoms with Crippen molar-refractivity contribution >= 4 is 11.9 Å². The van der Waals surface area contributed by atoms with Crippen molar-refractivity contribution in [1.82, 2.24) is 5.32 Å². The number of rotatable bonds is 5. The van der Waals surface area contributed by atoms with E-state index in [1.54, 1.807) is 0 Å². The Kier molecular flexibility index (Phi) is 4.61. The highest BCUT2D eigenvalue weighted by atomic mass is 19.1. The highest BCUT2D eigenvalue weighted by molar-refractivity contribution is 5.99. The van der Waals surface area contributed by atoms with Crippen molar-refractivity contribution < 1.29 is 28.9 Å². The summed E-state index contributed by atoms with van der Waals surface area (Å²) in [4.78, 5) is 22.4. The number of carbonyl (C=O) groups excluding carboxylic acids is 1. The van der Waals surface area contributed by atoms with Crippen molar-refractivity contribution in [3.8, 4) is 5.75 Å². The quantitative estimate of drug-likeness (QED) is 0.707. The summed E-state index contributed by atoms with van der Waals surface area (Å²) in [5.41, 5.74) is -0.597. The molecule has 1 amide bonds. The summed E-state index contributed by atoms with van der Waals surface area (Å²) in [5.74, 6) is -3.83. The van der Waals surface area contributed by atoms with Crippen molar-refractivity contribution in [2.45, 2.75) is 6.04 Å². The molecule has 0 radical (unpaired) electrons. The molecular formula is C11H12FNO5. The number of benzene rings is 1. The fourth-order valence-corrected chi connectivity index (χ4v) is 1.31. The van der Waals surface area contributed by atoms with Crippen LogP contribution in [0.5, 0.6) is 5.75 Å². The zero-order valence-corrected chi connectivity index (χ0v) is 9.51. The molecule has 0 saturated carbocycles. The summed E-state index contributed by atoms with van der Waals surface area (Å²) >= 11 is 0. The van der Waals surface area contributed by atoms with Gasteiger partial charge in [0, 0.05) is 7.11 Å². The van der Waals surface area contributed by atoms with Crippen LogP contribution in [0.4, 0.5) is 4.39 Å². The molecule has 1 rings (SSSR count). The van der Waals surface area contributed by atoms with E-state index in [4.69, 9.17) is 5.11 Å². The molecule has 3 N–H and O–H groups in total. The Balaban J connectivity index is 2.90. The number of methoxy groups -OCH3 is 1. The molecule has 98 valence electrons. The lowest BCUT2D eigenvalue weighted by Gasteiger charge is -2.14. The first-order valence-corrected chi connectivity index (χ1v) is 4.97. The van der Waals surface area contributed by atoms with E-state index >= 15 is 0 Å². The van der Waals surface area contributed by atoms with Gasteiger partial charge in [-0.15, -0.1) is 0 Å². The van der Waals surface area contributed by atoms with Gasteiger partial charge in [0.15, 0.2) is 6.04 Å². The van der Waals surface area contributed by atoms with E-state index in [1.807, 2.05) is 0 Å². The van der Waals surface area contributed by atoms with E-state index in [0.717, 1.165) is 12.1 Å². The van der Waals surface area contributed by atoms with Crippen LogP contribution in [-0.2, 0) is 9.53 Å². The van der Waals surface area contributed by atoms with Gasteiger partial charge in [-0.1, -0.05) is 6.07 Å². The molecule has 0 fully saturated rings. The third kappa shape index (κ3) is 3.17. The molecule has 1 atom stereocenters. The molecule has 1 aromatic rings. The summed E-state index contributed by atoms with van der Waals surface area (Å²) < 4.78 is 17.9. The Morgan fingerprint density at radius 1 is 1.50 bits per heavy atom. The van der Waals surface area contributed by atoms with Crippen LogP contribution < -0.4 is 5.32 Å². The van der Waals surface area contributed by atoms with E-state index in [9.17, 15) is 19.1 Å². The predicted molar refractivity (Wildman–Crippen MR) is 58.8 cm³/mol. The van der Waals surface area contributed by atoms with Gasteiger partial charge in [0.05, 0.1) is 6.61 Å². The summed E-state index contributed by atoms with van der Waals surface area (Å²) in [7, 11) is 1.27. The third-order valence-electron chi connectivity index (χ3n) is 2.16. The SMILES string of the molecule is COCC(NC(=O)c1c(O)cccc1F)C(=O)O. The van der Waals surface area contributed by atoms with Crippen LogP contribution in [0.2, 0.25) is 0 Å². The largest absolute Gasteiger partial charge is 0.507 e. The maximum absolute atomic E-state index is 13.3. The van der Waals surface area contributed by atoms with Gasteiger partial charge in [-0.2, -0.15) is 0 Å². The zero-order valence-electron chi connectivity index (χ0n) is 9.51. The summed E-state index contributed by atoms with van der Waals surface area (Å²) in [6, 6.07) is 2.03. The molecule has 0 aromatic heterocycles. The van der Waals surface area contributed by atoms with Crippen molar-refractivity contribution in [3.63, 3.8) is 0 Å². The maximum atomic E-state index is 13.3. The van der Waals surface area contributed by atoms with Gasteiger partial charge in [0.25, 0.3) is 5.91 Å². The molecule has 7 heteroatoms. The van der Waals surface area contributed by atoms with Crippen molar-refractivity contribution in [1.29, 1.82) is 0 Å². The minimum Gasteiger partial charge on any atom is -0.507 e. The molecule has 0 spiro atoms. The van der Waals surface area contributed by atoms with E-state index in [0.29, 0.717) is 0 Å². The van der Waals surface area contributed by atoms with Crippen LogP contribution in [0, 0.1) is 5.82 Å². The Morgan fingerprint density at radius 3 is 2.67 bits per heavy atom. The second-order valence-electron chi connectivity index (χ2n) is 3.45. The number of aromatic hydroxyl groups is 1. The number of ether oxygens (including phenoxy) is 1. The van der Waals surface area contributed by atoms with Gasteiger partial charge in [-0.3, -0.25) is 4.79 Å². The molecule has 1 aromatic carbocycles. The molecule has 0 heterocycles. The van der Waals surface area contributed by atoms with Gasteiger partial charge in [0.2, 0.25) is 0 Å². The van der Waals surface area contributed by atoms with Gasteiger partial charge < -0.3 is 20.3 Å². The number of carboxylic acid groups (broad SMARTS) is 1. The third-order valence-corrected chi connectivity index (χ3v) is 2.16. The Labute approximate surface area is 102 Å². The Bertz CT molecular complexity index is 442. The number of hydrogen-bond acceptors (Lipinski definition) is 4. The molecule has 0 saturated heterocycles. The van der Waals surface area contributed by atoms with Gasteiger partial charge in [-0.25, -0.2) is 9.18 Å². The number of phenols is 1. The number of carboxylic acids is 1. The summed E-state index contributed by atoms with van der Waals surface area (Å²) in [6.45, 7) is -0.268. The van der Waals surface area contributed by atoms with Gasteiger partial charge in [0.1, 0.15) is 17.1 Å². The molecule has 1 unspecified atom stereocenters. The second-order valence-corrected chi connectivity index (χ2v) is 3.45. The minimum atomic E-state index is -1.32. The number of halogens is 1. The first-order valence-electron chi connectivity index (χ1n) is 4.97. The fourth-order valence-electron chi connectivity index (χ4n) is 1.31. The maximum Gasteiger partial charge on any atom is 0.328 e. The van der Waals surface area contributed by atoms with Crippen LogP contribution in [-0.4, -0.2) is 41.8 Å². The first-order chi connectivity index (χ1) is 8.47. The molecule has 0 aliphatic rings. The van der Waals surface area contributed by atoms with Crippen LogP contribution >= 0.6 is 0 Å². The van der Waals surface area contributed by atoms with E-state index in [-0.39, 0.29) is 6.61 Å². The van der Waals surface area contributed by atoms with E-state index < -0.39 is 35.0 Å². The number of nitrogens with one attached hydrogen (secondary N) is 1. The Hall–Kier alpha value is -2.15. The van der Waals surface area contributed by atoms with Crippen molar-refractivity contribution in [3.05, 3.63) is 29.6 Å². The number of hydrogen-bond donors (Lipinski definition) is 3. The molecular weight excluding hydrogens is 245 g/mol. The van der Waals surface area contributed by atoms with Crippen LogP contribution in [0.3, 0.4) is 0 Å². The fraction of sp³-hybridized carbons (Fsp3) is 0.273. The van der Waals surface area contributed by atoms with Gasteiger partial charge in [-0.05, 0) is 12.1 Å². The number of carbonyl (C=O) groups is 2. The lowest BCUT2D eigenvalue weighted by atomic mass is 10.1. The summed E-state index contributed by atoms with van der Waals surface area (Å²) in [5, 5.41) is 20.2. The standard InChI is InChI=1S/C11H12FNO5/c1-18-5-7(11(16)17)13-10(15)9-6(12)3-2-4-8(9)14/h2-4,7,14H,5H2,1H3,(H,13,15)(H,16,17). The van der Waals surface area contributed by atoms with Gasteiger partial charge >= 0.3 is 5.97 Å². The highest BCUT2D eigenvalue weighted by Crippen LogP contribution is 2.19. The number of amides is 1. The smallest absolute Gasteiger partial charge is 0.328 e. The first kappa shape index (κ1) is 13.9. The van der Waals surface area contributed by atoms with Crippen LogP contribution in [0.1, 0.15) is 10.4 Å². The lowest BCUT2D eigenvalue weighted by Crippen LogP contribution is -2.44. The average molecular weight is 257 g/mol. The van der Waals surface area contributed by atoms with Crippen molar-refractivity contribution in [2.24, 2.45) is 0 Å². The summed E-state index contributed by atoms with van der Waals surface area (Å²) in [6.07, 6.45) is 0.